The van der Waals surface area contributed by atoms with Gasteiger partial charge in [-0.3, -0.25) is 0 Å². The second-order valence-corrected chi connectivity index (χ2v) is 25.6. The van der Waals surface area contributed by atoms with E-state index < -0.39 is 68.9 Å². The highest BCUT2D eigenvalue weighted by atomic mass is 32.2. The number of benzene rings is 6. The van der Waals surface area contributed by atoms with Gasteiger partial charge in [0.25, 0.3) is 0 Å². The van der Waals surface area contributed by atoms with Crippen LogP contribution in [0.5, 0.6) is 0 Å². The molecule has 6 aromatic rings. The summed E-state index contributed by atoms with van der Waals surface area (Å²) in [5.74, 6) is 0. The lowest BCUT2D eigenvalue weighted by atomic mass is 9.96. The van der Waals surface area contributed by atoms with Gasteiger partial charge in [0.2, 0.25) is 0 Å². The van der Waals surface area contributed by atoms with Crippen molar-refractivity contribution in [1.29, 1.82) is 0 Å². The Hall–Kier alpha value is -4.51. The smallest absolute Gasteiger partial charge is 0.192 e. The topological polar surface area (TPSA) is 103 Å². The van der Waals surface area contributed by atoms with Gasteiger partial charge in [-0.2, -0.15) is 0 Å². The van der Waals surface area contributed by atoms with Crippen LogP contribution in [-0.2, 0) is 75.4 Å². The number of hydrogen-bond donors (Lipinski definition) is 1. The fraction of sp³-hybridized carbons (Fsp3) is 0.390. The fourth-order valence-electron chi connectivity index (χ4n) is 8.52. The van der Waals surface area contributed by atoms with Crippen molar-refractivity contribution in [1.82, 2.24) is 0 Å². The average Bonchev–Trinajstić information content (AvgIpc) is 3.39. The molecule has 0 bridgehead atoms. The van der Waals surface area contributed by atoms with Crippen LogP contribution in [0.25, 0.3) is 0 Å². The van der Waals surface area contributed by atoms with Crippen molar-refractivity contribution in [3.05, 3.63) is 210 Å². The van der Waals surface area contributed by atoms with Gasteiger partial charge in [-0.05, 0) is 58.1 Å². The van der Waals surface area contributed by atoms with Crippen LogP contribution in [0.4, 0.5) is 0 Å². The molecule has 2 aliphatic rings. The normalized spacial score (nSPS) is 24.9. The molecule has 0 radical (unpaired) electrons. The van der Waals surface area contributed by atoms with Gasteiger partial charge in [-0.1, -0.05) is 202 Å². The van der Waals surface area contributed by atoms with Gasteiger partial charge in [-0.15, -0.1) is 0 Å². The lowest BCUT2D eigenvalue weighted by molar-refractivity contribution is -0.353. The quantitative estimate of drug-likeness (QED) is 0.0621. The van der Waals surface area contributed by atoms with E-state index in [1.165, 1.54) is 11.8 Å². The molecular formula is C59H70O10SSi. The third-order valence-electron chi connectivity index (χ3n) is 13.4. The summed E-state index contributed by atoms with van der Waals surface area (Å²) in [6.07, 6.45) is -7.22. The summed E-state index contributed by atoms with van der Waals surface area (Å²) >= 11 is 1.53. The van der Waals surface area contributed by atoms with E-state index >= 15 is 0 Å². The molecule has 0 unspecified atom stereocenters. The molecule has 0 aromatic heterocycles. The van der Waals surface area contributed by atoms with Crippen LogP contribution >= 0.6 is 11.8 Å². The van der Waals surface area contributed by atoms with Crippen LogP contribution < -0.4 is 0 Å². The summed E-state index contributed by atoms with van der Waals surface area (Å²) in [6, 6.07) is 60.4. The van der Waals surface area contributed by atoms with E-state index in [1.54, 1.807) is 0 Å². The Kier molecular flexibility index (Phi) is 19.3. The molecule has 8 rings (SSSR count). The lowest BCUT2D eigenvalue weighted by Crippen LogP contribution is -2.67. The van der Waals surface area contributed by atoms with Crippen molar-refractivity contribution in [2.75, 3.05) is 13.2 Å². The third kappa shape index (κ3) is 14.8. The highest BCUT2D eigenvalue weighted by Crippen LogP contribution is 2.43. The summed E-state index contributed by atoms with van der Waals surface area (Å²) in [4.78, 5) is 0.985. The first-order chi connectivity index (χ1) is 34.5. The van der Waals surface area contributed by atoms with Crippen molar-refractivity contribution in [2.45, 2.75) is 137 Å². The van der Waals surface area contributed by atoms with Crippen LogP contribution in [0.3, 0.4) is 0 Å². The Morgan fingerprint density at radius 1 is 0.465 bits per heavy atom. The van der Waals surface area contributed by atoms with Crippen LogP contribution in [0.15, 0.2) is 187 Å². The molecule has 0 spiro atoms. The number of aliphatic hydroxyl groups is 1. The first-order valence-electron chi connectivity index (χ1n) is 24.7. The van der Waals surface area contributed by atoms with Crippen molar-refractivity contribution in [3.8, 4) is 0 Å². The molecule has 2 saturated heterocycles. The number of hydrogen-bond acceptors (Lipinski definition) is 11. The maximum atomic E-state index is 11.4. The summed E-state index contributed by atoms with van der Waals surface area (Å²) < 4.78 is 63.9. The van der Waals surface area contributed by atoms with Crippen molar-refractivity contribution >= 4 is 20.1 Å². The number of rotatable bonds is 23. The maximum absolute atomic E-state index is 11.4. The molecule has 12 heteroatoms. The molecule has 71 heavy (non-hydrogen) atoms. The zero-order chi connectivity index (χ0) is 49.5. The van der Waals surface area contributed by atoms with Crippen molar-refractivity contribution < 1.29 is 47.4 Å². The zero-order valence-electron chi connectivity index (χ0n) is 41.6. The monoisotopic (exact) mass is 998 g/mol. The van der Waals surface area contributed by atoms with Crippen molar-refractivity contribution in [3.63, 3.8) is 0 Å². The minimum absolute atomic E-state index is 0.161. The van der Waals surface area contributed by atoms with E-state index in [1.807, 2.05) is 170 Å². The summed E-state index contributed by atoms with van der Waals surface area (Å²) in [5, 5.41) is 11.3. The highest BCUT2D eigenvalue weighted by molar-refractivity contribution is 7.99. The number of ether oxygens (including phenoxy) is 8. The predicted molar refractivity (Wildman–Crippen MR) is 280 cm³/mol. The Morgan fingerprint density at radius 3 is 1.32 bits per heavy atom. The molecule has 2 aliphatic heterocycles. The lowest BCUT2D eigenvalue weighted by Gasteiger charge is -2.52. The summed E-state index contributed by atoms with van der Waals surface area (Å²) in [6.45, 7) is 12.4. The van der Waals surface area contributed by atoms with Gasteiger partial charge < -0.3 is 47.4 Å². The zero-order valence-corrected chi connectivity index (χ0v) is 43.4. The first-order valence-corrected chi connectivity index (χ1v) is 28.5. The van der Waals surface area contributed by atoms with Crippen molar-refractivity contribution in [2.24, 2.45) is 0 Å². The first kappa shape index (κ1) is 52.8. The SMILES string of the molecule is CC(C)(C)[Si](C)(C)O[C@H]1[C@@H](OCc2ccccc2)[C@@H](COCc2ccccc2)O[C@@H](O[C@H]2[C@H](OCc3ccccc3)[C@@H](OCc3ccccc3)[C@@H](Sc3ccccc3)O[C@@H]2CO)[C@@H]1OCc1ccccc1. The molecule has 2 heterocycles. The maximum Gasteiger partial charge on any atom is 0.192 e. The van der Waals surface area contributed by atoms with Crippen LogP contribution in [0, 0.1) is 0 Å². The molecule has 10 nitrogen and oxygen atoms in total. The summed E-state index contributed by atoms with van der Waals surface area (Å²) in [7, 11) is -2.60. The van der Waals surface area contributed by atoms with Gasteiger partial charge in [0.05, 0.1) is 46.2 Å². The van der Waals surface area contributed by atoms with Gasteiger partial charge in [0.1, 0.15) is 54.3 Å². The van der Waals surface area contributed by atoms with E-state index in [0.717, 1.165) is 32.7 Å². The molecule has 0 aliphatic carbocycles. The largest absolute Gasteiger partial charge is 0.408 e. The third-order valence-corrected chi connectivity index (χ3v) is 19.1. The minimum atomic E-state index is -2.60. The second kappa shape index (κ2) is 25.9. The number of aliphatic hydroxyl groups excluding tert-OH is 1. The number of thioether (sulfide) groups is 1. The Labute approximate surface area is 426 Å². The molecule has 6 aromatic carbocycles. The average molecular weight is 999 g/mol. The molecule has 10 atom stereocenters. The van der Waals surface area contributed by atoms with Gasteiger partial charge in [-0.25, -0.2) is 0 Å². The molecule has 0 amide bonds. The molecular weight excluding hydrogens is 929 g/mol. The molecule has 0 saturated carbocycles. The standard InChI is InChI=1S/C59H70O10SSi/c1-59(2,3)71(4,5)69-54-51(62-38-44-26-14-7-15-27-44)50(42-61-37-43-24-12-6-13-25-43)66-57(55(54)64-40-46-30-18-9-19-31-46)68-52-49(36-60)67-58(70-48-34-22-11-23-35-48)56(65-41-47-32-20-10-21-33-47)53(52)63-39-45-28-16-8-17-29-45/h6-35,49-58,60H,36-42H2,1-5H3/t49-,50-,51+,52-,53+,54+,55-,56-,57+,58-/m1/s1. The van der Waals surface area contributed by atoms with Crippen LogP contribution in [0.1, 0.15) is 48.6 Å². The minimum Gasteiger partial charge on any atom is -0.408 e. The van der Waals surface area contributed by atoms with E-state index in [0.29, 0.717) is 13.2 Å². The van der Waals surface area contributed by atoms with E-state index in [4.69, 9.17) is 42.3 Å². The Morgan fingerprint density at radius 2 is 0.873 bits per heavy atom. The predicted octanol–water partition coefficient (Wildman–Crippen LogP) is 11.6. The van der Waals surface area contributed by atoms with Crippen LogP contribution in [-0.4, -0.2) is 87.2 Å². The van der Waals surface area contributed by atoms with Gasteiger partial charge in [0.15, 0.2) is 14.6 Å². The van der Waals surface area contributed by atoms with E-state index in [-0.39, 0.29) is 38.1 Å². The highest BCUT2D eigenvalue weighted by Gasteiger charge is 2.56. The summed E-state index contributed by atoms with van der Waals surface area (Å²) in [5.41, 5.74) is 4.39. The molecule has 2 fully saturated rings. The van der Waals surface area contributed by atoms with Crippen LogP contribution in [0.2, 0.25) is 18.1 Å². The second-order valence-electron chi connectivity index (χ2n) is 19.7. The molecule has 376 valence electrons. The van der Waals surface area contributed by atoms with Gasteiger partial charge in [0, 0.05) is 4.90 Å². The van der Waals surface area contributed by atoms with Gasteiger partial charge >= 0.3 is 0 Å². The van der Waals surface area contributed by atoms with E-state index in [2.05, 4.69) is 46.0 Å². The molecule has 1 N–H and O–H groups in total. The fourth-order valence-corrected chi connectivity index (χ4v) is 11.0. The van der Waals surface area contributed by atoms with E-state index in [9.17, 15) is 5.11 Å². The Balaban J connectivity index is 1.21. The Bertz CT molecular complexity index is 2420.